The molecule has 0 aliphatic carbocycles. The van der Waals surface area contributed by atoms with Crippen LogP contribution < -0.4 is 0 Å². The molecular formula is C15H13ClINOS. The van der Waals surface area contributed by atoms with Crippen LogP contribution in [0.3, 0.4) is 0 Å². The standard InChI is InChI=1S/C15H13ClINOS/c16-12-4-1-3-10(7-12)13-5-2-6-18(13)15(19)11-8-14(17)20-9-11/h1,3-4,7-9,13H,2,5-6H2. The van der Waals surface area contributed by atoms with Crippen LogP contribution in [0.2, 0.25) is 5.02 Å². The summed E-state index contributed by atoms with van der Waals surface area (Å²) in [6.07, 6.45) is 2.05. The molecule has 2 heterocycles. The fourth-order valence-corrected chi connectivity index (χ4v) is 4.18. The fraction of sp³-hybridized carbons (Fsp3) is 0.267. The zero-order chi connectivity index (χ0) is 14.1. The summed E-state index contributed by atoms with van der Waals surface area (Å²) >= 11 is 9.93. The van der Waals surface area contributed by atoms with Gasteiger partial charge in [-0.2, -0.15) is 0 Å². The second-order valence-electron chi connectivity index (χ2n) is 4.85. The second kappa shape index (κ2) is 6.03. The fourth-order valence-electron chi connectivity index (χ4n) is 2.66. The molecule has 1 aliphatic rings. The van der Waals surface area contributed by atoms with Crippen molar-refractivity contribution >= 4 is 51.4 Å². The van der Waals surface area contributed by atoms with E-state index in [1.807, 2.05) is 34.5 Å². The maximum Gasteiger partial charge on any atom is 0.255 e. The molecule has 1 aromatic carbocycles. The van der Waals surface area contributed by atoms with Gasteiger partial charge in [-0.3, -0.25) is 4.79 Å². The first-order chi connectivity index (χ1) is 9.65. The third-order valence-corrected chi connectivity index (χ3v) is 5.59. The van der Waals surface area contributed by atoms with Crippen LogP contribution in [0, 0.1) is 2.88 Å². The van der Waals surface area contributed by atoms with Crippen LogP contribution in [0.25, 0.3) is 0 Å². The SMILES string of the molecule is O=C(c1csc(I)c1)N1CCCC1c1cccc(Cl)c1. The Morgan fingerprint density at radius 3 is 2.95 bits per heavy atom. The highest BCUT2D eigenvalue weighted by Gasteiger charge is 2.30. The van der Waals surface area contributed by atoms with Crippen molar-refractivity contribution in [3.63, 3.8) is 0 Å². The zero-order valence-electron chi connectivity index (χ0n) is 10.7. The van der Waals surface area contributed by atoms with Crippen molar-refractivity contribution in [2.24, 2.45) is 0 Å². The Kier molecular flexibility index (Phi) is 4.33. The third kappa shape index (κ3) is 2.87. The van der Waals surface area contributed by atoms with Gasteiger partial charge in [0, 0.05) is 16.9 Å². The Morgan fingerprint density at radius 1 is 1.40 bits per heavy atom. The lowest BCUT2D eigenvalue weighted by atomic mass is 10.0. The van der Waals surface area contributed by atoms with E-state index in [0.29, 0.717) is 0 Å². The molecule has 1 fully saturated rings. The number of carbonyl (C=O) groups excluding carboxylic acids is 1. The molecule has 1 amide bonds. The van der Waals surface area contributed by atoms with Gasteiger partial charge in [0.2, 0.25) is 0 Å². The molecule has 2 aromatic rings. The van der Waals surface area contributed by atoms with Crippen molar-refractivity contribution < 1.29 is 4.79 Å². The van der Waals surface area contributed by atoms with E-state index in [1.165, 1.54) is 0 Å². The zero-order valence-corrected chi connectivity index (χ0v) is 14.4. The molecule has 20 heavy (non-hydrogen) atoms. The van der Waals surface area contributed by atoms with Crippen LogP contribution in [0.5, 0.6) is 0 Å². The van der Waals surface area contributed by atoms with E-state index in [1.54, 1.807) is 11.3 Å². The summed E-state index contributed by atoms with van der Waals surface area (Å²) in [7, 11) is 0. The lowest BCUT2D eigenvalue weighted by Crippen LogP contribution is -2.30. The van der Waals surface area contributed by atoms with Gasteiger partial charge in [0.25, 0.3) is 5.91 Å². The Balaban J connectivity index is 1.87. The van der Waals surface area contributed by atoms with E-state index in [4.69, 9.17) is 11.6 Å². The minimum absolute atomic E-state index is 0.131. The maximum absolute atomic E-state index is 12.6. The number of likely N-dealkylation sites (tertiary alicyclic amines) is 1. The van der Waals surface area contributed by atoms with Crippen LogP contribution >= 0.6 is 45.5 Å². The van der Waals surface area contributed by atoms with Crippen molar-refractivity contribution in [1.29, 1.82) is 0 Å². The van der Waals surface area contributed by atoms with Crippen molar-refractivity contribution in [3.8, 4) is 0 Å². The van der Waals surface area contributed by atoms with E-state index in [2.05, 4.69) is 28.7 Å². The van der Waals surface area contributed by atoms with E-state index < -0.39 is 0 Å². The molecular weight excluding hydrogens is 405 g/mol. The maximum atomic E-state index is 12.6. The Morgan fingerprint density at radius 2 is 2.25 bits per heavy atom. The number of hydrogen-bond acceptors (Lipinski definition) is 2. The Labute approximate surface area is 140 Å². The van der Waals surface area contributed by atoms with Gasteiger partial charge in [0.05, 0.1) is 14.5 Å². The molecule has 1 saturated heterocycles. The Hall–Kier alpha value is -0.590. The molecule has 1 aliphatic heterocycles. The monoisotopic (exact) mass is 417 g/mol. The average molecular weight is 418 g/mol. The summed E-state index contributed by atoms with van der Waals surface area (Å²) in [5.74, 6) is 0.131. The van der Waals surface area contributed by atoms with Crippen LogP contribution in [0.4, 0.5) is 0 Å². The largest absolute Gasteiger partial charge is 0.332 e. The smallest absolute Gasteiger partial charge is 0.255 e. The van der Waals surface area contributed by atoms with Gasteiger partial charge in [-0.1, -0.05) is 23.7 Å². The summed E-state index contributed by atoms with van der Waals surface area (Å²) < 4.78 is 1.14. The normalized spacial score (nSPS) is 18.5. The molecule has 0 bridgehead atoms. The molecule has 1 unspecified atom stereocenters. The number of hydrogen-bond donors (Lipinski definition) is 0. The van der Waals surface area contributed by atoms with Crippen LogP contribution in [-0.2, 0) is 0 Å². The topological polar surface area (TPSA) is 20.3 Å². The van der Waals surface area contributed by atoms with Crippen molar-refractivity contribution in [2.75, 3.05) is 6.54 Å². The number of thiophene rings is 1. The number of carbonyl (C=O) groups is 1. The van der Waals surface area contributed by atoms with E-state index in [0.717, 1.165) is 38.4 Å². The quantitative estimate of drug-likeness (QED) is 0.631. The summed E-state index contributed by atoms with van der Waals surface area (Å²) in [6, 6.07) is 9.95. The number of nitrogens with zero attached hydrogens (tertiary/aromatic N) is 1. The predicted molar refractivity (Wildman–Crippen MR) is 91.5 cm³/mol. The van der Waals surface area contributed by atoms with E-state index in [9.17, 15) is 4.79 Å². The molecule has 0 N–H and O–H groups in total. The number of amides is 1. The lowest BCUT2D eigenvalue weighted by Gasteiger charge is -2.25. The van der Waals surface area contributed by atoms with Crippen LogP contribution in [0.15, 0.2) is 35.7 Å². The minimum atomic E-state index is 0.131. The van der Waals surface area contributed by atoms with E-state index >= 15 is 0 Å². The first-order valence-electron chi connectivity index (χ1n) is 6.45. The van der Waals surface area contributed by atoms with Gasteiger partial charge < -0.3 is 4.90 Å². The third-order valence-electron chi connectivity index (χ3n) is 3.56. The van der Waals surface area contributed by atoms with Gasteiger partial charge in [0.15, 0.2) is 0 Å². The van der Waals surface area contributed by atoms with Crippen LogP contribution in [-0.4, -0.2) is 17.4 Å². The molecule has 1 atom stereocenters. The molecule has 0 radical (unpaired) electrons. The summed E-state index contributed by atoms with van der Waals surface area (Å²) in [6.45, 7) is 0.822. The van der Waals surface area contributed by atoms with Gasteiger partial charge >= 0.3 is 0 Å². The number of rotatable bonds is 2. The summed E-state index contributed by atoms with van der Waals surface area (Å²) in [5, 5.41) is 2.67. The molecule has 1 aromatic heterocycles. The van der Waals surface area contributed by atoms with Gasteiger partial charge in [-0.05, 0) is 59.2 Å². The molecule has 104 valence electrons. The van der Waals surface area contributed by atoms with Crippen molar-refractivity contribution in [2.45, 2.75) is 18.9 Å². The second-order valence-corrected chi connectivity index (χ2v) is 8.09. The minimum Gasteiger partial charge on any atom is -0.332 e. The first kappa shape index (κ1) is 14.4. The first-order valence-corrected chi connectivity index (χ1v) is 8.79. The molecule has 0 spiro atoms. The van der Waals surface area contributed by atoms with Gasteiger partial charge in [0.1, 0.15) is 0 Å². The van der Waals surface area contributed by atoms with Crippen molar-refractivity contribution in [1.82, 2.24) is 4.90 Å². The molecule has 3 rings (SSSR count). The van der Waals surface area contributed by atoms with Crippen molar-refractivity contribution in [3.05, 3.63) is 54.7 Å². The highest BCUT2D eigenvalue weighted by atomic mass is 127. The summed E-state index contributed by atoms with van der Waals surface area (Å²) in [4.78, 5) is 14.6. The summed E-state index contributed by atoms with van der Waals surface area (Å²) in [5.41, 5.74) is 1.93. The average Bonchev–Trinajstić information content (AvgIpc) is 3.06. The molecule has 5 heteroatoms. The van der Waals surface area contributed by atoms with Crippen LogP contribution in [0.1, 0.15) is 34.8 Å². The van der Waals surface area contributed by atoms with Gasteiger partial charge in [-0.15, -0.1) is 11.3 Å². The molecule has 0 saturated carbocycles. The predicted octanol–water partition coefficient (Wildman–Crippen LogP) is 4.98. The number of halogens is 2. The molecule has 2 nitrogen and oxygen atoms in total. The Bertz CT molecular complexity index is 642. The lowest BCUT2D eigenvalue weighted by molar-refractivity contribution is 0.0736. The highest BCUT2D eigenvalue weighted by Crippen LogP contribution is 2.34. The number of benzene rings is 1. The highest BCUT2D eigenvalue weighted by molar-refractivity contribution is 14.1. The van der Waals surface area contributed by atoms with E-state index in [-0.39, 0.29) is 11.9 Å². The van der Waals surface area contributed by atoms with Gasteiger partial charge in [-0.25, -0.2) is 0 Å².